The van der Waals surface area contributed by atoms with E-state index in [-0.39, 0.29) is 5.91 Å². The molecule has 0 bridgehead atoms. The predicted molar refractivity (Wildman–Crippen MR) is 99.3 cm³/mol. The molecule has 0 radical (unpaired) electrons. The number of nitriles is 1. The maximum Gasteiger partial charge on any atom is 0.254 e. The zero-order chi connectivity index (χ0) is 18.7. The lowest BCUT2D eigenvalue weighted by Gasteiger charge is -2.23. The Labute approximate surface area is 154 Å². The second kappa shape index (κ2) is 7.71. The molecule has 1 aromatic carbocycles. The minimum atomic E-state index is -0.0279. The summed E-state index contributed by atoms with van der Waals surface area (Å²) < 4.78 is 2.17. The predicted octanol–water partition coefficient (Wildman–Crippen LogP) is 2.64. The Morgan fingerprint density at radius 3 is 2.92 bits per heavy atom. The van der Waals surface area contributed by atoms with Crippen LogP contribution in [-0.2, 0) is 19.6 Å². The molecule has 26 heavy (non-hydrogen) atoms. The summed E-state index contributed by atoms with van der Waals surface area (Å²) in [7, 11) is 2.09. The number of amides is 1. The number of imidazole rings is 1. The van der Waals surface area contributed by atoms with Gasteiger partial charge >= 0.3 is 0 Å². The van der Waals surface area contributed by atoms with E-state index in [1.165, 1.54) is 0 Å². The minimum Gasteiger partial charge on any atom is -0.333 e. The highest BCUT2D eigenvalue weighted by molar-refractivity contribution is 5.94. The van der Waals surface area contributed by atoms with Crippen molar-refractivity contribution in [2.45, 2.75) is 45.9 Å². The summed E-state index contributed by atoms with van der Waals surface area (Å²) in [6.07, 6.45) is 2.79. The van der Waals surface area contributed by atoms with Gasteiger partial charge in [0.15, 0.2) is 0 Å². The van der Waals surface area contributed by atoms with Crippen LogP contribution < -0.4 is 0 Å². The van der Waals surface area contributed by atoms with Crippen LogP contribution >= 0.6 is 0 Å². The molecule has 2 heterocycles. The fourth-order valence-electron chi connectivity index (χ4n) is 3.14. The molecule has 0 fully saturated rings. The van der Waals surface area contributed by atoms with Crippen molar-refractivity contribution in [1.82, 2.24) is 19.4 Å². The maximum atomic E-state index is 13.0. The third kappa shape index (κ3) is 3.78. The van der Waals surface area contributed by atoms with Crippen LogP contribution in [0.4, 0.5) is 0 Å². The van der Waals surface area contributed by atoms with Crippen molar-refractivity contribution in [2.75, 3.05) is 13.6 Å². The summed E-state index contributed by atoms with van der Waals surface area (Å²) in [5.74, 6) is -0.0279. The number of rotatable bonds is 4. The van der Waals surface area contributed by atoms with Crippen LogP contribution in [0.2, 0.25) is 0 Å². The molecule has 0 saturated heterocycles. The fourth-order valence-corrected chi connectivity index (χ4v) is 3.14. The summed E-state index contributed by atoms with van der Waals surface area (Å²) in [5.41, 5.74) is 3.22. The zero-order valence-electron chi connectivity index (χ0n) is 15.6. The number of carbonyl (C=O) groups excluding carboxylic acids is 1. The second-order valence-corrected chi connectivity index (χ2v) is 7.11. The van der Waals surface area contributed by atoms with Gasteiger partial charge in [-0.3, -0.25) is 9.69 Å². The molecule has 0 unspecified atom stereocenters. The van der Waals surface area contributed by atoms with Crippen molar-refractivity contribution in [1.29, 1.82) is 5.26 Å². The molecular weight excluding hydrogens is 326 g/mol. The number of hydrogen-bond donors (Lipinski definition) is 0. The lowest BCUT2D eigenvalue weighted by atomic mass is 10.1. The summed E-state index contributed by atoms with van der Waals surface area (Å²) in [6, 6.07) is 9.45. The quantitative estimate of drug-likeness (QED) is 0.849. The minimum absolute atomic E-state index is 0.0279. The average Bonchev–Trinajstić information content (AvgIpc) is 2.88. The monoisotopic (exact) mass is 351 g/mol. The number of hydrogen-bond acceptors (Lipinski definition) is 4. The standard InChI is InChI=1S/C20H25N5O/c1-15(2)23(3)12-18-19-13-24(8-5-9-25(19)14-22-18)20(26)17-7-4-6-16(10-17)11-21/h4,6-7,10,14-15H,5,8-9,12-13H2,1-3H3. The van der Waals surface area contributed by atoms with E-state index < -0.39 is 0 Å². The van der Waals surface area contributed by atoms with Gasteiger partial charge in [0.2, 0.25) is 0 Å². The highest BCUT2D eigenvalue weighted by Crippen LogP contribution is 2.20. The molecule has 0 atom stereocenters. The van der Waals surface area contributed by atoms with Gasteiger partial charge in [0.25, 0.3) is 5.91 Å². The van der Waals surface area contributed by atoms with Gasteiger partial charge in [0.1, 0.15) is 0 Å². The number of aryl methyl sites for hydroxylation is 1. The van der Waals surface area contributed by atoms with Crippen LogP contribution in [0, 0.1) is 11.3 Å². The molecular formula is C20H25N5O. The lowest BCUT2D eigenvalue weighted by molar-refractivity contribution is 0.0745. The van der Waals surface area contributed by atoms with E-state index in [1.807, 2.05) is 11.2 Å². The Morgan fingerprint density at radius 1 is 1.38 bits per heavy atom. The van der Waals surface area contributed by atoms with Crippen LogP contribution in [0.5, 0.6) is 0 Å². The van der Waals surface area contributed by atoms with Crippen LogP contribution in [0.1, 0.15) is 47.6 Å². The third-order valence-corrected chi connectivity index (χ3v) is 5.01. The molecule has 1 amide bonds. The normalized spacial score (nSPS) is 14.2. The molecule has 6 heteroatoms. The summed E-state index contributed by atoms with van der Waals surface area (Å²) in [4.78, 5) is 21.7. The van der Waals surface area contributed by atoms with E-state index in [1.54, 1.807) is 24.3 Å². The van der Waals surface area contributed by atoms with Gasteiger partial charge in [0.05, 0.1) is 35.9 Å². The first kappa shape index (κ1) is 18.2. The summed E-state index contributed by atoms with van der Waals surface area (Å²) in [5, 5.41) is 9.08. The topological polar surface area (TPSA) is 65.2 Å². The van der Waals surface area contributed by atoms with Gasteiger partial charge in [-0.15, -0.1) is 0 Å². The van der Waals surface area contributed by atoms with Crippen molar-refractivity contribution in [2.24, 2.45) is 0 Å². The Kier molecular flexibility index (Phi) is 5.38. The van der Waals surface area contributed by atoms with E-state index in [4.69, 9.17) is 5.26 Å². The van der Waals surface area contributed by atoms with Gasteiger partial charge in [-0.2, -0.15) is 5.26 Å². The number of aromatic nitrogens is 2. The number of nitrogens with zero attached hydrogens (tertiary/aromatic N) is 5. The molecule has 2 aromatic rings. The lowest BCUT2D eigenvalue weighted by Crippen LogP contribution is -2.32. The molecule has 1 aliphatic rings. The summed E-state index contributed by atoms with van der Waals surface area (Å²) in [6.45, 7) is 7.22. The first-order valence-corrected chi connectivity index (χ1v) is 9.02. The smallest absolute Gasteiger partial charge is 0.254 e. The first-order valence-electron chi connectivity index (χ1n) is 9.02. The van der Waals surface area contributed by atoms with Gasteiger partial charge in [-0.25, -0.2) is 4.98 Å². The number of benzene rings is 1. The SMILES string of the molecule is CC(C)N(C)Cc1ncn2c1CN(C(=O)c1cccc(C#N)c1)CCC2. The van der Waals surface area contributed by atoms with Crippen molar-refractivity contribution in [3.8, 4) is 6.07 Å². The Bertz CT molecular complexity index is 833. The highest BCUT2D eigenvalue weighted by atomic mass is 16.2. The second-order valence-electron chi connectivity index (χ2n) is 7.11. The van der Waals surface area contributed by atoms with Crippen LogP contribution in [0.15, 0.2) is 30.6 Å². The summed E-state index contributed by atoms with van der Waals surface area (Å²) >= 11 is 0. The van der Waals surface area contributed by atoms with Crippen LogP contribution in [0.3, 0.4) is 0 Å². The first-order chi connectivity index (χ1) is 12.5. The van der Waals surface area contributed by atoms with E-state index in [2.05, 4.69) is 41.4 Å². The Hall–Kier alpha value is -2.65. The van der Waals surface area contributed by atoms with Crippen molar-refractivity contribution in [3.63, 3.8) is 0 Å². The van der Waals surface area contributed by atoms with E-state index in [0.29, 0.717) is 30.3 Å². The molecule has 0 saturated carbocycles. The van der Waals surface area contributed by atoms with Crippen LogP contribution in [0.25, 0.3) is 0 Å². The molecule has 1 aromatic heterocycles. The Morgan fingerprint density at radius 2 is 2.19 bits per heavy atom. The molecule has 1 aliphatic heterocycles. The molecule has 0 N–H and O–H groups in total. The van der Waals surface area contributed by atoms with Crippen molar-refractivity contribution >= 4 is 5.91 Å². The van der Waals surface area contributed by atoms with Crippen molar-refractivity contribution in [3.05, 3.63) is 53.1 Å². The average molecular weight is 351 g/mol. The van der Waals surface area contributed by atoms with Crippen LogP contribution in [-0.4, -0.2) is 44.9 Å². The maximum absolute atomic E-state index is 13.0. The Balaban J connectivity index is 1.83. The van der Waals surface area contributed by atoms with Gasteiger partial charge in [0, 0.05) is 31.2 Å². The van der Waals surface area contributed by atoms with Gasteiger partial charge in [-0.1, -0.05) is 6.07 Å². The highest BCUT2D eigenvalue weighted by Gasteiger charge is 2.24. The number of carbonyl (C=O) groups is 1. The number of fused-ring (bicyclic) bond motifs is 1. The molecule has 0 spiro atoms. The largest absolute Gasteiger partial charge is 0.333 e. The molecule has 136 valence electrons. The molecule has 3 rings (SSSR count). The fraction of sp³-hybridized carbons (Fsp3) is 0.450. The van der Waals surface area contributed by atoms with E-state index >= 15 is 0 Å². The van der Waals surface area contributed by atoms with Crippen molar-refractivity contribution < 1.29 is 4.79 Å². The zero-order valence-corrected chi connectivity index (χ0v) is 15.6. The third-order valence-electron chi connectivity index (χ3n) is 5.01. The van der Waals surface area contributed by atoms with Gasteiger partial charge in [-0.05, 0) is 45.5 Å². The molecule has 6 nitrogen and oxygen atoms in total. The van der Waals surface area contributed by atoms with Gasteiger partial charge < -0.3 is 9.47 Å². The van der Waals surface area contributed by atoms with E-state index in [9.17, 15) is 4.79 Å². The molecule has 0 aliphatic carbocycles. The van der Waals surface area contributed by atoms with E-state index in [0.717, 1.165) is 30.9 Å².